The molecular formula is C20H14FNO3S. The zero-order valence-electron chi connectivity index (χ0n) is 13.7. The smallest absolute Gasteiger partial charge is 0.260 e. The fraction of sp³-hybridized carbons (Fsp3) is 0.0500. The van der Waals surface area contributed by atoms with Gasteiger partial charge in [-0.05, 0) is 18.1 Å². The lowest BCUT2D eigenvalue weighted by Crippen LogP contribution is -2.08. The van der Waals surface area contributed by atoms with Crippen LogP contribution in [0.1, 0.15) is 5.56 Å². The Balaban J connectivity index is 2.06. The van der Waals surface area contributed by atoms with E-state index in [1.54, 1.807) is 48.7 Å². The summed E-state index contributed by atoms with van der Waals surface area (Å²) in [6.07, 6.45) is 0. The van der Waals surface area contributed by atoms with E-state index in [-0.39, 0.29) is 16.9 Å². The highest BCUT2D eigenvalue weighted by molar-refractivity contribution is 7.17. The minimum absolute atomic E-state index is 0.143. The number of aryl methyl sites for hydroxylation is 1. The first-order chi connectivity index (χ1) is 12.5. The average Bonchev–Trinajstić information content (AvgIpc) is 3.04. The van der Waals surface area contributed by atoms with Crippen LogP contribution in [0.3, 0.4) is 0 Å². The molecule has 0 saturated heterocycles. The lowest BCUT2D eigenvalue weighted by molar-refractivity contribution is 0.432. The Kier molecular flexibility index (Phi) is 3.77. The lowest BCUT2D eigenvalue weighted by atomic mass is 9.99. The second-order valence-corrected chi connectivity index (χ2v) is 6.87. The van der Waals surface area contributed by atoms with Crippen LogP contribution in [-0.4, -0.2) is 15.2 Å². The normalized spacial score (nSPS) is 11.2. The van der Waals surface area contributed by atoms with Crippen molar-refractivity contribution in [2.75, 3.05) is 0 Å². The molecule has 0 atom stereocenters. The van der Waals surface area contributed by atoms with E-state index >= 15 is 0 Å². The quantitative estimate of drug-likeness (QED) is 0.477. The van der Waals surface area contributed by atoms with Crippen molar-refractivity contribution in [3.8, 4) is 33.8 Å². The number of aromatic amines is 1. The molecule has 0 spiro atoms. The van der Waals surface area contributed by atoms with E-state index in [0.717, 1.165) is 0 Å². The van der Waals surface area contributed by atoms with Gasteiger partial charge in [-0.25, -0.2) is 4.39 Å². The summed E-state index contributed by atoms with van der Waals surface area (Å²) in [5.41, 5.74) is 1.37. The molecule has 4 aromatic rings. The summed E-state index contributed by atoms with van der Waals surface area (Å²) in [5.74, 6) is -1.36. The van der Waals surface area contributed by atoms with Gasteiger partial charge >= 0.3 is 0 Å². The van der Waals surface area contributed by atoms with Crippen molar-refractivity contribution in [3.63, 3.8) is 0 Å². The summed E-state index contributed by atoms with van der Waals surface area (Å²) < 4.78 is 14.1. The average molecular weight is 367 g/mol. The molecule has 26 heavy (non-hydrogen) atoms. The number of aromatic hydroxyl groups is 2. The van der Waals surface area contributed by atoms with E-state index in [2.05, 4.69) is 4.98 Å². The number of aromatic nitrogens is 1. The Bertz CT molecular complexity index is 1200. The maximum atomic E-state index is 14.1. The maximum absolute atomic E-state index is 14.1. The summed E-state index contributed by atoms with van der Waals surface area (Å²) in [4.78, 5) is 15.7. The lowest BCUT2D eigenvalue weighted by Gasteiger charge is -2.09. The highest BCUT2D eigenvalue weighted by Gasteiger charge is 2.21. The third-order valence-corrected chi connectivity index (χ3v) is 5.28. The molecule has 2 aromatic heterocycles. The number of nitrogens with one attached hydrogen (secondary N) is 1. The predicted molar refractivity (Wildman–Crippen MR) is 101 cm³/mol. The number of pyridine rings is 1. The van der Waals surface area contributed by atoms with E-state index in [1.807, 2.05) is 6.07 Å². The second-order valence-electron chi connectivity index (χ2n) is 5.99. The standard InChI is InChI=1S/C20H14FNO3S/c1-10-7-8-12(17(23)16(10)21)13-9-26-20-15(13)18(24)14(19(25)22-20)11-5-3-2-4-6-11/h2-9,23H,1H3,(H2,22,24,25). The topological polar surface area (TPSA) is 73.3 Å². The largest absolute Gasteiger partial charge is 0.506 e. The molecule has 3 N–H and O–H groups in total. The fourth-order valence-electron chi connectivity index (χ4n) is 3.04. The van der Waals surface area contributed by atoms with Gasteiger partial charge in [0, 0.05) is 16.5 Å². The number of phenols is 1. The molecule has 4 rings (SSSR count). The van der Waals surface area contributed by atoms with Crippen molar-refractivity contribution < 1.29 is 14.6 Å². The Labute approximate surface area is 151 Å². The van der Waals surface area contributed by atoms with Crippen LogP contribution in [-0.2, 0) is 0 Å². The van der Waals surface area contributed by atoms with Gasteiger partial charge in [0.05, 0.1) is 10.9 Å². The first-order valence-electron chi connectivity index (χ1n) is 7.89. The molecule has 0 fully saturated rings. The van der Waals surface area contributed by atoms with E-state index in [4.69, 9.17) is 0 Å². The molecule has 0 amide bonds. The van der Waals surface area contributed by atoms with Crippen LogP contribution in [0.2, 0.25) is 0 Å². The van der Waals surface area contributed by atoms with Crippen LogP contribution < -0.4 is 5.56 Å². The van der Waals surface area contributed by atoms with Crippen molar-refractivity contribution in [1.82, 2.24) is 4.98 Å². The first-order valence-corrected chi connectivity index (χ1v) is 8.77. The van der Waals surface area contributed by atoms with Gasteiger partial charge in [0.2, 0.25) is 0 Å². The van der Waals surface area contributed by atoms with Crippen LogP contribution in [0.5, 0.6) is 11.5 Å². The van der Waals surface area contributed by atoms with Gasteiger partial charge in [-0.1, -0.05) is 42.5 Å². The van der Waals surface area contributed by atoms with Crippen molar-refractivity contribution in [2.24, 2.45) is 0 Å². The molecule has 0 aliphatic heterocycles. The molecule has 2 aromatic carbocycles. The van der Waals surface area contributed by atoms with Gasteiger partial charge in [-0.2, -0.15) is 0 Å². The number of benzene rings is 2. The fourth-order valence-corrected chi connectivity index (χ4v) is 3.99. The number of phenolic OH excluding ortho intramolecular Hbond substituents is 1. The molecule has 2 heterocycles. The van der Waals surface area contributed by atoms with E-state index < -0.39 is 17.1 Å². The number of fused-ring (bicyclic) bond motifs is 1. The van der Waals surface area contributed by atoms with E-state index in [9.17, 15) is 19.4 Å². The summed E-state index contributed by atoms with van der Waals surface area (Å²) in [6, 6.07) is 12.0. The SMILES string of the molecule is Cc1ccc(-c2csc3[nH]c(=O)c(-c4ccccc4)c(O)c23)c(O)c1F. The minimum atomic E-state index is -0.700. The molecule has 0 saturated carbocycles. The number of hydrogen-bond acceptors (Lipinski definition) is 4. The third kappa shape index (κ3) is 2.38. The summed E-state index contributed by atoms with van der Waals surface area (Å²) in [7, 11) is 0. The monoisotopic (exact) mass is 367 g/mol. The van der Waals surface area contributed by atoms with Crippen LogP contribution in [0.15, 0.2) is 52.6 Å². The highest BCUT2D eigenvalue weighted by atomic mass is 32.1. The van der Waals surface area contributed by atoms with Crippen molar-refractivity contribution in [1.29, 1.82) is 0 Å². The van der Waals surface area contributed by atoms with Gasteiger partial charge in [0.1, 0.15) is 10.6 Å². The number of hydrogen-bond donors (Lipinski definition) is 3. The molecule has 0 aliphatic rings. The van der Waals surface area contributed by atoms with Gasteiger partial charge in [0.25, 0.3) is 5.56 Å². The third-order valence-electron chi connectivity index (χ3n) is 4.38. The van der Waals surface area contributed by atoms with Crippen LogP contribution in [0.4, 0.5) is 4.39 Å². The minimum Gasteiger partial charge on any atom is -0.506 e. The predicted octanol–water partition coefficient (Wildman–Crippen LogP) is 4.78. The molecule has 0 radical (unpaired) electrons. The molecular weight excluding hydrogens is 353 g/mol. The molecule has 6 heteroatoms. The molecule has 4 nitrogen and oxygen atoms in total. The summed E-state index contributed by atoms with van der Waals surface area (Å²) in [6.45, 7) is 1.56. The van der Waals surface area contributed by atoms with E-state index in [0.29, 0.717) is 26.9 Å². The molecule has 0 aliphatic carbocycles. The van der Waals surface area contributed by atoms with Crippen LogP contribution in [0.25, 0.3) is 32.5 Å². The highest BCUT2D eigenvalue weighted by Crippen LogP contribution is 2.44. The van der Waals surface area contributed by atoms with E-state index in [1.165, 1.54) is 11.3 Å². The number of thiophene rings is 1. The molecule has 0 unspecified atom stereocenters. The molecule has 0 bridgehead atoms. The van der Waals surface area contributed by atoms with Gasteiger partial charge < -0.3 is 15.2 Å². The Hall–Kier alpha value is -3.12. The summed E-state index contributed by atoms with van der Waals surface area (Å²) >= 11 is 1.21. The van der Waals surface area contributed by atoms with Crippen molar-refractivity contribution >= 4 is 21.6 Å². The zero-order valence-corrected chi connectivity index (χ0v) is 14.5. The summed E-state index contributed by atoms with van der Waals surface area (Å²) in [5, 5.41) is 23.1. The Morgan fingerprint density at radius 1 is 1.00 bits per heavy atom. The Morgan fingerprint density at radius 3 is 2.46 bits per heavy atom. The zero-order chi connectivity index (χ0) is 18.4. The van der Waals surface area contributed by atoms with Crippen LogP contribution in [0, 0.1) is 12.7 Å². The Morgan fingerprint density at radius 2 is 1.73 bits per heavy atom. The number of rotatable bonds is 2. The first kappa shape index (κ1) is 16.4. The second kappa shape index (κ2) is 6.00. The van der Waals surface area contributed by atoms with Gasteiger partial charge in [-0.15, -0.1) is 11.3 Å². The maximum Gasteiger partial charge on any atom is 0.260 e. The van der Waals surface area contributed by atoms with Crippen molar-refractivity contribution in [3.05, 3.63) is 69.6 Å². The van der Waals surface area contributed by atoms with Crippen LogP contribution >= 0.6 is 11.3 Å². The van der Waals surface area contributed by atoms with Crippen molar-refractivity contribution in [2.45, 2.75) is 6.92 Å². The number of H-pyrrole nitrogens is 1. The van der Waals surface area contributed by atoms with Gasteiger partial charge in [0.15, 0.2) is 11.6 Å². The van der Waals surface area contributed by atoms with Gasteiger partial charge in [-0.3, -0.25) is 4.79 Å². The molecule has 130 valence electrons. The number of halogens is 1.